The van der Waals surface area contributed by atoms with Crippen molar-refractivity contribution in [2.75, 3.05) is 26.5 Å². The summed E-state index contributed by atoms with van der Waals surface area (Å²) >= 11 is 0. The number of aryl methyl sites for hydroxylation is 1. The highest BCUT2D eigenvalue weighted by molar-refractivity contribution is 6.01. The summed E-state index contributed by atoms with van der Waals surface area (Å²) in [6, 6.07) is 8.20. The normalized spacial score (nSPS) is 22.3. The summed E-state index contributed by atoms with van der Waals surface area (Å²) < 4.78 is 21.8. The number of amides is 1. The van der Waals surface area contributed by atoms with Gasteiger partial charge in [-0.25, -0.2) is 19.3 Å². The van der Waals surface area contributed by atoms with Gasteiger partial charge in [-0.1, -0.05) is 12.1 Å². The summed E-state index contributed by atoms with van der Waals surface area (Å²) in [4.78, 5) is 29.1. The fourth-order valence-corrected chi connectivity index (χ4v) is 5.61. The number of hydrogen-bond donors (Lipinski definition) is 1. The zero-order valence-corrected chi connectivity index (χ0v) is 20.5. The number of anilines is 1. The number of benzene rings is 1. The second-order valence-corrected chi connectivity index (χ2v) is 10.1. The van der Waals surface area contributed by atoms with Gasteiger partial charge in [-0.2, -0.15) is 5.10 Å². The minimum Gasteiger partial charge on any atom is -0.493 e. The fraction of sp³-hybridized carbons (Fsp3) is 0.346. The maximum atomic E-state index is 14.7. The molecule has 0 saturated heterocycles. The summed E-state index contributed by atoms with van der Waals surface area (Å²) in [5, 5.41) is 7.50. The van der Waals surface area contributed by atoms with E-state index in [2.05, 4.69) is 39.4 Å². The third-order valence-electron chi connectivity index (χ3n) is 7.67. The summed E-state index contributed by atoms with van der Waals surface area (Å²) in [6.07, 6.45) is 5.72. The van der Waals surface area contributed by atoms with Gasteiger partial charge in [-0.3, -0.25) is 9.48 Å². The zero-order chi connectivity index (χ0) is 25.2. The van der Waals surface area contributed by atoms with E-state index >= 15 is 0 Å². The highest BCUT2D eigenvalue weighted by Gasteiger charge is 2.72. The van der Waals surface area contributed by atoms with E-state index < -0.39 is 0 Å². The van der Waals surface area contributed by atoms with Gasteiger partial charge in [-0.05, 0) is 45.5 Å². The molecular formula is C26H26FN7O2. The molecule has 3 saturated carbocycles. The molecule has 1 N–H and O–H groups in total. The van der Waals surface area contributed by atoms with Crippen LogP contribution in [0.2, 0.25) is 0 Å². The van der Waals surface area contributed by atoms with Crippen molar-refractivity contribution in [1.82, 2.24) is 29.6 Å². The quantitative estimate of drug-likeness (QED) is 0.443. The Hall–Kier alpha value is -3.92. The molecule has 0 spiro atoms. The van der Waals surface area contributed by atoms with Crippen LogP contribution in [0.15, 0.2) is 42.9 Å². The van der Waals surface area contributed by atoms with Crippen LogP contribution in [-0.2, 0) is 11.8 Å². The van der Waals surface area contributed by atoms with E-state index in [1.54, 1.807) is 42.2 Å². The van der Waals surface area contributed by atoms with E-state index in [4.69, 9.17) is 9.72 Å². The molecule has 36 heavy (non-hydrogen) atoms. The van der Waals surface area contributed by atoms with E-state index in [1.807, 2.05) is 0 Å². The lowest BCUT2D eigenvalue weighted by Gasteiger charge is -2.71. The number of hydrogen-bond acceptors (Lipinski definition) is 7. The minimum absolute atomic E-state index is 0.0526. The van der Waals surface area contributed by atoms with E-state index in [0.717, 1.165) is 19.3 Å². The fourth-order valence-electron chi connectivity index (χ4n) is 5.61. The molecule has 1 amide bonds. The van der Waals surface area contributed by atoms with E-state index in [9.17, 15) is 9.18 Å². The average molecular weight is 488 g/mol. The first-order valence-corrected chi connectivity index (χ1v) is 11.7. The average Bonchev–Trinajstić information content (AvgIpc) is 3.17. The van der Waals surface area contributed by atoms with Crippen molar-refractivity contribution >= 4 is 22.8 Å². The maximum absolute atomic E-state index is 14.7. The van der Waals surface area contributed by atoms with Gasteiger partial charge in [0.15, 0.2) is 11.6 Å². The number of pyridine rings is 1. The molecule has 2 bridgehead atoms. The first-order valence-electron chi connectivity index (χ1n) is 11.7. The SMILES string of the molecule is COc1cc2ncnc(-c3cn(C)nc3-c3ccccc3F)c2nc1NC(=O)C12CC(N(C)C)(C1)C2. The number of fused-ring (bicyclic) bond motifs is 1. The van der Waals surface area contributed by atoms with Gasteiger partial charge in [0.05, 0.1) is 18.0 Å². The number of rotatable bonds is 6. The molecule has 1 aromatic carbocycles. The smallest absolute Gasteiger partial charge is 0.232 e. The highest BCUT2D eigenvalue weighted by atomic mass is 19.1. The maximum Gasteiger partial charge on any atom is 0.232 e. The second-order valence-electron chi connectivity index (χ2n) is 10.1. The molecular weight excluding hydrogens is 461 g/mol. The van der Waals surface area contributed by atoms with Crippen LogP contribution in [0, 0.1) is 11.2 Å². The summed E-state index contributed by atoms with van der Waals surface area (Å²) in [6.45, 7) is 0. The molecule has 0 aliphatic heterocycles. The summed E-state index contributed by atoms with van der Waals surface area (Å²) in [7, 11) is 7.42. The van der Waals surface area contributed by atoms with E-state index in [0.29, 0.717) is 45.1 Å². The third-order valence-corrected chi connectivity index (χ3v) is 7.67. The molecule has 3 aromatic heterocycles. The Labute approximate surface area is 207 Å². The number of carbonyl (C=O) groups is 1. The lowest BCUT2D eigenvalue weighted by Crippen LogP contribution is -2.76. The molecule has 7 rings (SSSR count). The molecule has 4 aromatic rings. The monoisotopic (exact) mass is 487 g/mol. The molecule has 3 fully saturated rings. The lowest BCUT2D eigenvalue weighted by molar-refractivity contribution is -0.204. The van der Waals surface area contributed by atoms with Gasteiger partial charge in [0.2, 0.25) is 5.91 Å². The van der Waals surface area contributed by atoms with Crippen LogP contribution >= 0.6 is 0 Å². The molecule has 0 unspecified atom stereocenters. The van der Waals surface area contributed by atoms with Crippen LogP contribution in [0.5, 0.6) is 5.75 Å². The zero-order valence-electron chi connectivity index (χ0n) is 20.5. The second kappa shape index (κ2) is 7.79. The molecule has 184 valence electrons. The molecule has 3 aliphatic carbocycles. The van der Waals surface area contributed by atoms with Crippen molar-refractivity contribution in [2.24, 2.45) is 12.5 Å². The number of nitrogens with one attached hydrogen (secondary N) is 1. The molecule has 0 radical (unpaired) electrons. The van der Waals surface area contributed by atoms with Gasteiger partial charge in [0, 0.05) is 36.0 Å². The lowest BCUT2D eigenvalue weighted by atomic mass is 9.38. The van der Waals surface area contributed by atoms with Crippen molar-refractivity contribution in [3.63, 3.8) is 0 Å². The predicted octanol–water partition coefficient (Wildman–Crippen LogP) is 3.66. The Morgan fingerprint density at radius 3 is 2.58 bits per heavy atom. The molecule has 3 aliphatic rings. The topological polar surface area (TPSA) is 98.1 Å². The molecule has 10 heteroatoms. The Bertz CT molecular complexity index is 1510. The highest BCUT2D eigenvalue weighted by Crippen LogP contribution is 2.69. The van der Waals surface area contributed by atoms with Gasteiger partial charge < -0.3 is 15.0 Å². The van der Waals surface area contributed by atoms with Crippen LogP contribution in [-0.4, -0.2) is 62.3 Å². The van der Waals surface area contributed by atoms with E-state index in [-0.39, 0.29) is 22.7 Å². The van der Waals surface area contributed by atoms with Gasteiger partial charge in [0.25, 0.3) is 0 Å². The Morgan fingerprint density at radius 1 is 1.14 bits per heavy atom. The van der Waals surface area contributed by atoms with Crippen LogP contribution in [0.25, 0.3) is 33.5 Å². The largest absolute Gasteiger partial charge is 0.493 e. The summed E-state index contributed by atoms with van der Waals surface area (Å²) in [5.41, 5.74) is 2.68. The first kappa shape index (κ1) is 22.5. The number of nitrogens with zero attached hydrogens (tertiary/aromatic N) is 6. The first-order chi connectivity index (χ1) is 17.2. The minimum atomic E-state index is -0.382. The van der Waals surface area contributed by atoms with Crippen LogP contribution < -0.4 is 10.1 Å². The number of ether oxygens (including phenoxy) is 1. The summed E-state index contributed by atoms with van der Waals surface area (Å²) in [5.74, 6) is 0.289. The van der Waals surface area contributed by atoms with Gasteiger partial charge in [0.1, 0.15) is 29.0 Å². The molecule has 0 atom stereocenters. The Morgan fingerprint density at radius 2 is 1.89 bits per heavy atom. The van der Waals surface area contributed by atoms with Gasteiger partial charge >= 0.3 is 0 Å². The van der Waals surface area contributed by atoms with E-state index in [1.165, 1.54) is 19.5 Å². The third kappa shape index (κ3) is 3.21. The number of aromatic nitrogens is 5. The Balaban J connectivity index is 1.42. The van der Waals surface area contributed by atoms with Gasteiger partial charge in [-0.15, -0.1) is 0 Å². The standard InChI is InChI=1S/C26H26FN7O2/c1-33(2)26-11-25(12-26,13-26)24(35)31-23-19(36-4)9-18-22(30-23)21(29-14-28-18)16-10-34(3)32-20(16)15-7-5-6-8-17(15)27/h5-10,14H,11-13H2,1-4H3,(H,30,31,35). The van der Waals surface area contributed by atoms with Crippen molar-refractivity contribution in [2.45, 2.75) is 24.8 Å². The number of carbonyl (C=O) groups excluding carboxylic acids is 1. The molecule has 9 nitrogen and oxygen atoms in total. The van der Waals surface area contributed by atoms with Crippen molar-refractivity contribution in [3.8, 4) is 28.3 Å². The van der Waals surface area contributed by atoms with Crippen molar-refractivity contribution < 1.29 is 13.9 Å². The number of halogens is 1. The van der Waals surface area contributed by atoms with Crippen LogP contribution in [0.4, 0.5) is 10.2 Å². The number of methoxy groups -OCH3 is 1. The Kier molecular flexibility index (Phi) is 4.88. The molecule has 3 heterocycles. The van der Waals surface area contributed by atoms with Crippen molar-refractivity contribution in [3.05, 3.63) is 48.7 Å². The van der Waals surface area contributed by atoms with Crippen molar-refractivity contribution in [1.29, 1.82) is 0 Å². The van der Waals surface area contributed by atoms with Crippen LogP contribution in [0.1, 0.15) is 19.3 Å². The van der Waals surface area contributed by atoms with Crippen LogP contribution in [0.3, 0.4) is 0 Å². The predicted molar refractivity (Wildman–Crippen MR) is 133 cm³/mol.